The maximum absolute atomic E-state index is 11.8. The van der Waals surface area contributed by atoms with Crippen molar-refractivity contribution in [1.82, 2.24) is 4.57 Å². The van der Waals surface area contributed by atoms with Crippen LogP contribution in [0.25, 0.3) is 0 Å². The van der Waals surface area contributed by atoms with Crippen LogP contribution in [0.4, 0.5) is 0 Å². The van der Waals surface area contributed by atoms with E-state index < -0.39 is 11.6 Å². The molecule has 1 aromatic carbocycles. The lowest BCUT2D eigenvalue weighted by atomic mass is 9.93. The van der Waals surface area contributed by atoms with Crippen molar-refractivity contribution in [2.45, 2.75) is 19.1 Å². The molecule has 4 heteroatoms. The number of carboxylic acid groups (broad SMARTS) is 1. The normalized spacial score (nSPS) is 13.9. The largest absolute Gasteiger partial charge is 0.479 e. The molecule has 0 radical (unpaired) electrons. The molecule has 100 valence electrons. The zero-order chi connectivity index (χ0) is 13.7. The lowest BCUT2D eigenvalue weighted by Gasteiger charge is -2.30. The van der Waals surface area contributed by atoms with E-state index >= 15 is 0 Å². The molecule has 0 saturated heterocycles. The van der Waals surface area contributed by atoms with Crippen molar-refractivity contribution in [2.24, 2.45) is 0 Å². The van der Waals surface area contributed by atoms with E-state index in [1.54, 1.807) is 19.1 Å². The second kappa shape index (κ2) is 5.71. The van der Waals surface area contributed by atoms with Crippen molar-refractivity contribution < 1.29 is 14.6 Å². The van der Waals surface area contributed by atoms with Gasteiger partial charge in [0.25, 0.3) is 0 Å². The van der Waals surface area contributed by atoms with Crippen molar-refractivity contribution in [3.8, 4) is 0 Å². The Balaban J connectivity index is 2.44. The third-order valence-electron chi connectivity index (χ3n) is 3.05. The lowest BCUT2D eigenvalue weighted by molar-refractivity contribution is -0.169. The molecule has 0 amide bonds. The molecule has 0 fully saturated rings. The molecule has 0 aliphatic carbocycles. The van der Waals surface area contributed by atoms with Gasteiger partial charge in [-0.25, -0.2) is 4.79 Å². The van der Waals surface area contributed by atoms with Crippen molar-refractivity contribution >= 4 is 5.97 Å². The predicted molar refractivity (Wildman–Crippen MR) is 71.8 cm³/mol. The molecule has 2 rings (SSSR count). The minimum atomic E-state index is -1.35. The smallest absolute Gasteiger partial charge is 0.342 e. The summed E-state index contributed by atoms with van der Waals surface area (Å²) in [5.74, 6) is -0.978. The van der Waals surface area contributed by atoms with E-state index in [2.05, 4.69) is 0 Å². The molecule has 1 N–H and O–H groups in total. The van der Waals surface area contributed by atoms with Gasteiger partial charge in [-0.1, -0.05) is 30.3 Å². The van der Waals surface area contributed by atoms with Gasteiger partial charge in [0.15, 0.2) is 0 Å². The van der Waals surface area contributed by atoms with Gasteiger partial charge in [0, 0.05) is 19.0 Å². The zero-order valence-corrected chi connectivity index (χ0v) is 10.8. The lowest BCUT2D eigenvalue weighted by Crippen LogP contribution is -2.42. The Morgan fingerprint density at radius 2 is 1.84 bits per heavy atom. The molecule has 0 spiro atoms. The third kappa shape index (κ3) is 2.69. The number of carbonyl (C=O) groups is 1. The minimum Gasteiger partial charge on any atom is -0.479 e. The summed E-state index contributed by atoms with van der Waals surface area (Å²) in [4.78, 5) is 11.8. The standard InChI is InChI=1S/C15H17NO3/c1-2-19-15(14(17)18,12-16-10-6-7-11-16)13-8-4-3-5-9-13/h3-11H,2,12H2,1H3,(H,17,18). The van der Waals surface area contributed by atoms with Gasteiger partial charge >= 0.3 is 5.97 Å². The van der Waals surface area contributed by atoms with E-state index in [0.29, 0.717) is 12.2 Å². The summed E-state index contributed by atoms with van der Waals surface area (Å²) in [5.41, 5.74) is -0.701. The van der Waals surface area contributed by atoms with Crippen LogP contribution in [-0.2, 0) is 21.7 Å². The van der Waals surface area contributed by atoms with Gasteiger partial charge in [-0.15, -0.1) is 0 Å². The molecule has 2 aromatic rings. The van der Waals surface area contributed by atoms with Crippen LogP contribution in [0.3, 0.4) is 0 Å². The first-order valence-electron chi connectivity index (χ1n) is 6.22. The highest BCUT2D eigenvalue weighted by Gasteiger charge is 2.41. The summed E-state index contributed by atoms with van der Waals surface area (Å²) in [7, 11) is 0. The summed E-state index contributed by atoms with van der Waals surface area (Å²) in [6.45, 7) is 2.38. The number of hydrogen-bond acceptors (Lipinski definition) is 2. The topological polar surface area (TPSA) is 51.5 Å². The molecule has 4 nitrogen and oxygen atoms in total. The Bertz CT molecular complexity index is 522. The van der Waals surface area contributed by atoms with Crippen LogP contribution in [0.2, 0.25) is 0 Å². The fourth-order valence-corrected chi connectivity index (χ4v) is 2.16. The quantitative estimate of drug-likeness (QED) is 0.867. The van der Waals surface area contributed by atoms with Crippen LogP contribution in [-0.4, -0.2) is 22.2 Å². The fourth-order valence-electron chi connectivity index (χ4n) is 2.16. The van der Waals surface area contributed by atoms with Crippen LogP contribution in [0.15, 0.2) is 54.9 Å². The first-order chi connectivity index (χ1) is 9.19. The number of aromatic nitrogens is 1. The second-order valence-electron chi connectivity index (χ2n) is 4.29. The predicted octanol–water partition coefficient (Wildman–Crippen LogP) is 2.50. The second-order valence-corrected chi connectivity index (χ2v) is 4.29. The van der Waals surface area contributed by atoms with Gasteiger partial charge in [0.05, 0.1) is 6.54 Å². The zero-order valence-electron chi connectivity index (χ0n) is 10.8. The molecular formula is C15H17NO3. The van der Waals surface area contributed by atoms with Gasteiger partial charge in [-0.2, -0.15) is 0 Å². The highest BCUT2D eigenvalue weighted by atomic mass is 16.5. The highest BCUT2D eigenvalue weighted by Crippen LogP contribution is 2.28. The van der Waals surface area contributed by atoms with Crippen molar-refractivity contribution in [3.05, 3.63) is 60.4 Å². The van der Waals surface area contributed by atoms with E-state index in [1.165, 1.54) is 0 Å². The molecular weight excluding hydrogens is 242 g/mol. The van der Waals surface area contributed by atoms with Crippen LogP contribution in [0, 0.1) is 0 Å². The number of ether oxygens (including phenoxy) is 1. The number of carboxylic acids is 1. The summed E-state index contributed by atoms with van der Waals surface area (Å²) < 4.78 is 7.45. The molecule has 1 atom stereocenters. The number of rotatable bonds is 6. The minimum absolute atomic E-state index is 0.243. The highest BCUT2D eigenvalue weighted by molar-refractivity contribution is 5.79. The Kier molecular flexibility index (Phi) is 4.02. The van der Waals surface area contributed by atoms with E-state index in [1.807, 2.05) is 47.3 Å². The molecule has 19 heavy (non-hydrogen) atoms. The van der Waals surface area contributed by atoms with Crippen molar-refractivity contribution in [2.75, 3.05) is 6.61 Å². The van der Waals surface area contributed by atoms with Crippen molar-refractivity contribution in [3.63, 3.8) is 0 Å². The molecule has 1 aromatic heterocycles. The molecule has 1 heterocycles. The summed E-state index contributed by atoms with van der Waals surface area (Å²) in [6, 6.07) is 12.8. The van der Waals surface area contributed by atoms with E-state index in [4.69, 9.17) is 4.74 Å². The number of nitrogens with zero attached hydrogens (tertiary/aromatic N) is 1. The SMILES string of the molecule is CCOC(Cn1cccc1)(C(=O)O)c1ccccc1. The third-order valence-corrected chi connectivity index (χ3v) is 3.05. The van der Waals surface area contributed by atoms with Crippen molar-refractivity contribution in [1.29, 1.82) is 0 Å². The first-order valence-corrected chi connectivity index (χ1v) is 6.22. The average Bonchev–Trinajstić information content (AvgIpc) is 2.91. The Hall–Kier alpha value is -2.07. The maximum atomic E-state index is 11.8. The molecule has 0 bridgehead atoms. The first kappa shape index (κ1) is 13.4. The Morgan fingerprint density at radius 1 is 1.21 bits per heavy atom. The Morgan fingerprint density at radius 3 is 2.37 bits per heavy atom. The summed E-state index contributed by atoms with van der Waals surface area (Å²) in [5, 5.41) is 9.67. The number of aliphatic carboxylic acids is 1. The van der Waals surface area contributed by atoms with Gasteiger partial charge < -0.3 is 14.4 Å². The van der Waals surface area contributed by atoms with Crippen LogP contribution >= 0.6 is 0 Å². The summed E-state index contributed by atoms with van der Waals surface area (Å²) >= 11 is 0. The molecule has 1 unspecified atom stereocenters. The van der Waals surface area contributed by atoms with Crippen LogP contribution < -0.4 is 0 Å². The monoisotopic (exact) mass is 259 g/mol. The number of hydrogen-bond donors (Lipinski definition) is 1. The van der Waals surface area contributed by atoms with Gasteiger partial charge in [0.1, 0.15) is 0 Å². The fraction of sp³-hybridized carbons (Fsp3) is 0.267. The van der Waals surface area contributed by atoms with Gasteiger partial charge in [-0.3, -0.25) is 0 Å². The summed E-state index contributed by atoms with van der Waals surface area (Å²) in [6.07, 6.45) is 3.67. The maximum Gasteiger partial charge on any atom is 0.342 e. The molecule has 0 aliphatic heterocycles. The van der Waals surface area contributed by atoms with E-state index in [9.17, 15) is 9.90 Å². The van der Waals surface area contributed by atoms with Gasteiger partial charge in [-0.05, 0) is 24.6 Å². The van der Waals surface area contributed by atoms with E-state index in [-0.39, 0.29) is 6.54 Å². The average molecular weight is 259 g/mol. The van der Waals surface area contributed by atoms with E-state index in [0.717, 1.165) is 0 Å². The molecule has 0 saturated carbocycles. The Labute approximate surface area is 112 Å². The van der Waals surface area contributed by atoms with Crippen LogP contribution in [0.5, 0.6) is 0 Å². The molecule has 0 aliphatic rings. The van der Waals surface area contributed by atoms with Crippen LogP contribution in [0.1, 0.15) is 12.5 Å². The number of benzene rings is 1. The van der Waals surface area contributed by atoms with Gasteiger partial charge in [0.2, 0.25) is 5.60 Å².